The standard InChI is InChI=1S/C22H32O/c1-5-23-17-10-12-22(4)16(14-17)7-8-18-19-9-6-15(2)21(19,3)13-11-20(18)22/h6-7,14,18-20H,5,8-13H2,1-4H3. The summed E-state index contributed by atoms with van der Waals surface area (Å²) in [6, 6.07) is 0. The molecule has 0 aromatic heterocycles. The molecular weight excluding hydrogens is 280 g/mol. The molecular formula is C22H32O. The molecule has 4 aliphatic carbocycles. The van der Waals surface area contributed by atoms with E-state index in [1.165, 1.54) is 37.9 Å². The van der Waals surface area contributed by atoms with Crippen LogP contribution in [-0.2, 0) is 4.74 Å². The molecule has 0 radical (unpaired) electrons. The summed E-state index contributed by atoms with van der Waals surface area (Å²) >= 11 is 0. The fourth-order valence-corrected chi connectivity index (χ4v) is 6.38. The van der Waals surface area contributed by atoms with Crippen molar-refractivity contribution in [3.8, 4) is 0 Å². The van der Waals surface area contributed by atoms with Gasteiger partial charge in [0.1, 0.15) is 0 Å². The average Bonchev–Trinajstić information content (AvgIpc) is 2.84. The Balaban J connectivity index is 1.66. The smallest absolute Gasteiger partial charge is 0.0962 e. The van der Waals surface area contributed by atoms with Gasteiger partial charge in [0.25, 0.3) is 0 Å². The third-order valence-electron chi connectivity index (χ3n) is 8.03. The molecule has 0 amide bonds. The largest absolute Gasteiger partial charge is 0.498 e. The number of fused-ring (bicyclic) bond motifs is 5. The Hall–Kier alpha value is -0.980. The van der Waals surface area contributed by atoms with Gasteiger partial charge in [-0.15, -0.1) is 0 Å². The summed E-state index contributed by atoms with van der Waals surface area (Å²) in [7, 11) is 0. The van der Waals surface area contributed by atoms with Crippen LogP contribution in [0.15, 0.2) is 35.1 Å². The van der Waals surface area contributed by atoms with Crippen LogP contribution in [-0.4, -0.2) is 6.61 Å². The predicted octanol–water partition coefficient (Wildman–Crippen LogP) is 6.04. The molecule has 5 unspecified atom stereocenters. The van der Waals surface area contributed by atoms with Gasteiger partial charge in [0, 0.05) is 6.42 Å². The second kappa shape index (κ2) is 5.26. The summed E-state index contributed by atoms with van der Waals surface area (Å²) in [5, 5.41) is 0. The summed E-state index contributed by atoms with van der Waals surface area (Å²) < 4.78 is 5.82. The molecule has 126 valence electrons. The van der Waals surface area contributed by atoms with E-state index < -0.39 is 0 Å². The zero-order valence-electron chi connectivity index (χ0n) is 15.3. The van der Waals surface area contributed by atoms with Crippen LogP contribution in [0.4, 0.5) is 0 Å². The minimum Gasteiger partial charge on any atom is -0.498 e. The maximum absolute atomic E-state index is 5.82. The highest BCUT2D eigenvalue weighted by Crippen LogP contribution is 2.64. The first kappa shape index (κ1) is 15.5. The minimum absolute atomic E-state index is 0.390. The van der Waals surface area contributed by atoms with Crippen LogP contribution in [0.1, 0.15) is 66.2 Å². The Bertz CT molecular complexity index is 595. The summed E-state index contributed by atoms with van der Waals surface area (Å²) in [5.74, 6) is 3.86. The van der Waals surface area contributed by atoms with E-state index in [1.807, 2.05) is 0 Å². The molecule has 4 rings (SSSR count). The van der Waals surface area contributed by atoms with Gasteiger partial charge >= 0.3 is 0 Å². The van der Waals surface area contributed by atoms with E-state index in [2.05, 4.69) is 45.9 Å². The molecule has 23 heavy (non-hydrogen) atoms. The third kappa shape index (κ3) is 2.11. The third-order valence-corrected chi connectivity index (χ3v) is 8.03. The topological polar surface area (TPSA) is 9.23 Å². The van der Waals surface area contributed by atoms with Gasteiger partial charge in [-0.05, 0) is 86.2 Å². The minimum atomic E-state index is 0.390. The van der Waals surface area contributed by atoms with Crippen molar-refractivity contribution in [2.24, 2.45) is 28.6 Å². The zero-order chi connectivity index (χ0) is 16.2. The van der Waals surface area contributed by atoms with Gasteiger partial charge < -0.3 is 4.74 Å². The molecule has 0 bridgehead atoms. The van der Waals surface area contributed by atoms with Crippen LogP contribution >= 0.6 is 0 Å². The molecule has 1 saturated carbocycles. The lowest BCUT2D eigenvalue weighted by Crippen LogP contribution is -2.48. The molecule has 5 atom stereocenters. The summed E-state index contributed by atoms with van der Waals surface area (Å²) in [6.45, 7) is 10.4. The average molecular weight is 312 g/mol. The molecule has 0 N–H and O–H groups in total. The van der Waals surface area contributed by atoms with Gasteiger partial charge in [0.2, 0.25) is 0 Å². The molecule has 1 heteroatoms. The van der Waals surface area contributed by atoms with Crippen molar-refractivity contribution in [3.05, 3.63) is 35.1 Å². The van der Waals surface area contributed by atoms with Crippen LogP contribution in [0.3, 0.4) is 0 Å². The Labute approximate surface area is 141 Å². The first-order valence-electron chi connectivity index (χ1n) is 9.70. The fourth-order valence-electron chi connectivity index (χ4n) is 6.38. The van der Waals surface area contributed by atoms with Crippen molar-refractivity contribution >= 4 is 0 Å². The molecule has 0 heterocycles. The van der Waals surface area contributed by atoms with Crippen molar-refractivity contribution in [1.29, 1.82) is 0 Å². The summed E-state index contributed by atoms with van der Waals surface area (Å²) in [6.07, 6.45) is 15.3. The summed E-state index contributed by atoms with van der Waals surface area (Å²) in [4.78, 5) is 0. The van der Waals surface area contributed by atoms with Crippen LogP contribution in [0.25, 0.3) is 0 Å². The van der Waals surface area contributed by atoms with E-state index in [1.54, 1.807) is 11.1 Å². The second-order valence-corrected chi connectivity index (χ2v) is 8.81. The first-order chi connectivity index (χ1) is 11.0. The Kier molecular flexibility index (Phi) is 3.55. The van der Waals surface area contributed by atoms with Crippen molar-refractivity contribution < 1.29 is 4.74 Å². The predicted molar refractivity (Wildman–Crippen MR) is 95.9 cm³/mol. The number of hydrogen-bond donors (Lipinski definition) is 0. The van der Waals surface area contributed by atoms with Crippen LogP contribution in [0.5, 0.6) is 0 Å². The quantitative estimate of drug-likeness (QED) is 0.565. The molecule has 0 saturated heterocycles. The van der Waals surface area contributed by atoms with Gasteiger partial charge in [-0.2, -0.15) is 0 Å². The first-order valence-corrected chi connectivity index (χ1v) is 9.70. The highest BCUT2D eigenvalue weighted by Gasteiger charge is 2.55. The summed E-state index contributed by atoms with van der Waals surface area (Å²) in [5.41, 5.74) is 4.13. The van der Waals surface area contributed by atoms with E-state index in [-0.39, 0.29) is 0 Å². The lowest BCUT2D eigenvalue weighted by atomic mass is 9.48. The maximum atomic E-state index is 5.82. The molecule has 1 nitrogen and oxygen atoms in total. The van der Waals surface area contributed by atoms with Gasteiger partial charge in [0.15, 0.2) is 0 Å². The van der Waals surface area contributed by atoms with Gasteiger partial charge in [-0.1, -0.05) is 31.6 Å². The number of rotatable bonds is 2. The van der Waals surface area contributed by atoms with E-state index in [0.717, 1.165) is 30.8 Å². The molecule has 0 spiro atoms. The molecule has 0 aromatic rings. The lowest BCUT2D eigenvalue weighted by molar-refractivity contribution is -0.0120. The van der Waals surface area contributed by atoms with E-state index in [4.69, 9.17) is 4.74 Å². The van der Waals surface area contributed by atoms with Crippen molar-refractivity contribution in [1.82, 2.24) is 0 Å². The molecule has 4 aliphatic rings. The van der Waals surface area contributed by atoms with Crippen LogP contribution in [0.2, 0.25) is 0 Å². The highest BCUT2D eigenvalue weighted by atomic mass is 16.5. The number of ether oxygens (including phenoxy) is 1. The highest BCUT2D eigenvalue weighted by molar-refractivity contribution is 5.36. The van der Waals surface area contributed by atoms with Gasteiger partial charge in [-0.25, -0.2) is 0 Å². The van der Waals surface area contributed by atoms with Gasteiger partial charge in [0.05, 0.1) is 12.4 Å². The second-order valence-electron chi connectivity index (χ2n) is 8.81. The molecule has 0 aliphatic heterocycles. The maximum Gasteiger partial charge on any atom is 0.0962 e. The molecule has 0 aromatic carbocycles. The number of hydrogen-bond acceptors (Lipinski definition) is 1. The van der Waals surface area contributed by atoms with Crippen molar-refractivity contribution in [3.63, 3.8) is 0 Å². The number of allylic oxidation sites excluding steroid dienone is 6. The van der Waals surface area contributed by atoms with Crippen molar-refractivity contribution in [2.75, 3.05) is 6.61 Å². The van der Waals surface area contributed by atoms with E-state index in [9.17, 15) is 0 Å². The zero-order valence-corrected chi connectivity index (χ0v) is 15.3. The normalized spacial score (nSPS) is 45.2. The Morgan fingerprint density at radius 2 is 1.91 bits per heavy atom. The van der Waals surface area contributed by atoms with E-state index in [0.29, 0.717) is 10.8 Å². The van der Waals surface area contributed by atoms with Crippen LogP contribution < -0.4 is 0 Å². The monoisotopic (exact) mass is 312 g/mol. The van der Waals surface area contributed by atoms with Crippen molar-refractivity contribution in [2.45, 2.75) is 66.2 Å². The molecule has 1 fully saturated rings. The SMILES string of the molecule is CCOC1=CC2=CCC3C4CC=C(C)C4(C)CCC3C2(C)CC1. The fraction of sp³-hybridized carbons (Fsp3) is 0.727. The Morgan fingerprint density at radius 3 is 2.70 bits per heavy atom. The van der Waals surface area contributed by atoms with Crippen LogP contribution in [0, 0.1) is 28.6 Å². The van der Waals surface area contributed by atoms with Gasteiger partial charge in [-0.3, -0.25) is 0 Å². The van der Waals surface area contributed by atoms with E-state index >= 15 is 0 Å². The Morgan fingerprint density at radius 1 is 1.09 bits per heavy atom. The lowest BCUT2D eigenvalue weighted by Gasteiger charge is -2.56.